The third kappa shape index (κ3) is 6.73. The first-order chi connectivity index (χ1) is 11.6. The first-order valence-electron chi connectivity index (χ1n) is 9.24. The number of likely N-dealkylation sites (tertiary alicyclic amines) is 1. The lowest BCUT2D eigenvalue weighted by atomic mass is 10.0. The Balaban J connectivity index is 1.49. The molecular weight excluding hydrogens is 300 g/mol. The number of nitrogens with zero attached hydrogens (tertiary/aromatic N) is 1. The van der Waals surface area contributed by atoms with Gasteiger partial charge in [-0.2, -0.15) is 0 Å². The van der Waals surface area contributed by atoms with Gasteiger partial charge in [-0.15, -0.1) is 0 Å². The molecule has 0 spiro atoms. The molecule has 1 fully saturated rings. The average molecular weight is 330 g/mol. The highest BCUT2D eigenvalue weighted by molar-refractivity contribution is 5.76. The number of carbonyl (C=O) groups is 2. The number of unbranched alkanes of at least 4 members (excludes halogenated alkanes) is 3. The predicted molar refractivity (Wildman–Crippen MR) is 96.6 cm³/mol. The van der Waals surface area contributed by atoms with E-state index in [1.165, 1.54) is 18.4 Å². The smallest absolute Gasteiger partial charge is 0.220 e. The molecule has 0 unspecified atom stereocenters. The Hall–Kier alpha value is -1.84. The molecule has 2 rings (SSSR count). The van der Waals surface area contributed by atoms with Crippen LogP contribution in [0, 0.1) is 0 Å². The number of nitrogens with one attached hydrogen (secondary N) is 1. The van der Waals surface area contributed by atoms with Crippen LogP contribution in [0.1, 0.15) is 57.4 Å². The summed E-state index contributed by atoms with van der Waals surface area (Å²) in [4.78, 5) is 25.1. The summed E-state index contributed by atoms with van der Waals surface area (Å²) in [5.41, 5.74) is 1.40. The van der Waals surface area contributed by atoms with Crippen LogP contribution >= 0.6 is 0 Å². The van der Waals surface area contributed by atoms with Crippen LogP contribution in [0.4, 0.5) is 0 Å². The molecule has 0 bridgehead atoms. The third-order valence-corrected chi connectivity index (χ3v) is 4.77. The molecule has 1 aliphatic heterocycles. The van der Waals surface area contributed by atoms with Gasteiger partial charge in [-0.1, -0.05) is 43.2 Å². The van der Waals surface area contributed by atoms with Crippen molar-refractivity contribution in [2.45, 2.75) is 64.3 Å². The molecule has 1 N–H and O–H groups in total. The van der Waals surface area contributed by atoms with Crippen molar-refractivity contribution in [2.75, 3.05) is 13.1 Å². The monoisotopic (exact) mass is 330 g/mol. The van der Waals surface area contributed by atoms with Gasteiger partial charge in [0, 0.05) is 32.5 Å². The average Bonchev–Trinajstić information content (AvgIpc) is 2.59. The SMILES string of the molecule is CC(=O)N1CCC(NC(=O)CCCCCCc2ccccc2)CC1. The summed E-state index contributed by atoms with van der Waals surface area (Å²) in [6.07, 6.45) is 7.95. The van der Waals surface area contributed by atoms with Crippen molar-refractivity contribution < 1.29 is 9.59 Å². The maximum absolute atomic E-state index is 12.0. The normalized spacial score (nSPS) is 15.3. The highest BCUT2D eigenvalue weighted by atomic mass is 16.2. The fourth-order valence-electron chi connectivity index (χ4n) is 3.25. The molecule has 0 aliphatic carbocycles. The lowest BCUT2D eigenvalue weighted by Gasteiger charge is -2.31. The van der Waals surface area contributed by atoms with Gasteiger partial charge in [0.25, 0.3) is 0 Å². The number of hydrogen-bond acceptors (Lipinski definition) is 2. The number of benzene rings is 1. The van der Waals surface area contributed by atoms with Crippen molar-refractivity contribution in [2.24, 2.45) is 0 Å². The van der Waals surface area contributed by atoms with Gasteiger partial charge in [0.2, 0.25) is 11.8 Å². The van der Waals surface area contributed by atoms with Crippen LogP contribution < -0.4 is 5.32 Å². The molecule has 24 heavy (non-hydrogen) atoms. The Morgan fingerprint density at radius 1 is 1.04 bits per heavy atom. The van der Waals surface area contributed by atoms with Crippen molar-refractivity contribution in [1.29, 1.82) is 0 Å². The lowest BCUT2D eigenvalue weighted by molar-refractivity contribution is -0.130. The van der Waals surface area contributed by atoms with Crippen LogP contribution in [-0.4, -0.2) is 35.8 Å². The third-order valence-electron chi connectivity index (χ3n) is 4.77. The second kappa shape index (κ2) is 10.1. The first kappa shape index (κ1) is 18.5. The zero-order chi connectivity index (χ0) is 17.2. The fraction of sp³-hybridized carbons (Fsp3) is 0.600. The molecule has 0 aromatic heterocycles. The highest BCUT2D eigenvalue weighted by Crippen LogP contribution is 2.12. The molecule has 2 amide bonds. The molecular formula is C20H30N2O2. The summed E-state index contributed by atoms with van der Waals surface area (Å²) in [5, 5.41) is 3.12. The van der Waals surface area contributed by atoms with Crippen molar-refractivity contribution in [3.63, 3.8) is 0 Å². The van der Waals surface area contributed by atoms with Crippen molar-refractivity contribution >= 4 is 11.8 Å². The largest absolute Gasteiger partial charge is 0.353 e. The van der Waals surface area contributed by atoms with Gasteiger partial charge in [-0.3, -0.25) is 9.59 Å². The molecule has 0 radical (unpaired) electrons. The van der Waals surface area contributed by atoms with Crippen LogP contribution in [0.3, 0.4) is 0 Å². The Morgan fingerprint density at radius 3 is 2.38 bits per heavy atom. The zero-order valence-electron chi connectivity index (χ0n) is 14.8. The van der Waals surface area contributed by atoms with E-state index in [4.69, 9.17) is 0 Å². The minimum Gasteiger partial charge on any atom is -0.353 e. The molecule has 4 heteroatoms. The van der Waals surface area contributed by atoms with Gasteiger partial charge in [0.05, 0.1) is 0 Å². The van der Waals surface area contributed by atoms with E-state index in [0.717, 1.165) is 45.2 Å². The van der Waals surface area contributed by atoms with E-state index in [9.17, 15) is 9.59 Å². The first-order valence-corrected chi connectivity index (χ1v) is 9.24. The molecule has 0 atom stereocenters. The quantitative estimate of drug-likeness (QED) is 0.744. The van der Waals surface area contributed by atoms with E-state index in [2.05, 4.69) is 29.6 Å². The Kier molecular flexibility index (Phi) is 7.80. The maximum atomic E-state index is 12.0. The summed E-state index contributed by atoms with van der Waals surface area (Å²) >= 11 is 0. The van der Waals surface area contributed by atoms with Gasteiger partial charge < -0.3 is 10.2 Å². The predicted octanol–water partition coefficient (Wildman–Crippen LogP) is 3.31. The van der Waals surface area contributed by atoms with Crippen LogP contribution in [0.15, 0.2) is 30.3 Å². The summed E-state index contributed by atoms with van der Waals surface area (Å²) in [6.45, 7) is 3.14. The lowest BCUT2D eigenvalue weighted by Crippen LogP contribution is -2.45. The number of hydrogen-bond donors (Lipinski definition) is 1. The Bertz CT molecular complexity index is 508. The number of rotatable bonds is 8. The van der Waals surface area contributed by atoms with E-state index in [1.807, 2.05) is 11.0 Å². The summed E-state index contributed by atoms with van der Waals surface area (Å²) in [5.74, 6) is 0.301. The summed E-state index contributed by atoms with van der Waals surface area (Å²) < 4.78 is 0. The molecule has 132 valence electrons. The topological polar surface area (TPSA) is 49.4 Å². The summed E-state index contributed by atoms with van der Waals surface area (Å²) in [7, 11) is 0. The van der Waals surface area contributed by atoms with Gasteiger partial charge in [0.1, 0.15) is 0 Å². The second-order valence-corrected chi connectivity index (χ2v) is 6.75. The van der Waals surface area contributed by atoms with E-state index in [1.54, 1.807) is 6.92 Å². The fourth-order valence-corrected chi connectivity index (χ4v) is 3.25. The molecule has 0 saturated carbocycles. The van der Waals surface area contributed by atoms with Crippen LogP contribution in [-0.2, 0) is 16.0 Å². The standard InChI is InChI=1S/C20H30N2O2/c1-17(23)22-15-13-19(14-16-22)21-20(24)12-8-3-2-5-9-18-10-6-4-7-11-18/h4,6-7,10-11,19H,2-3,5,8-9,12-16H2,1H3,(H,21,24). The number of carbonyl (C=O) groups excluding carboxylic acids is 2. The Labute approximate surface area is 145 Å². The van der Waals surface area contributed by atoms with E-state index < -0.39 is 0 Å². The van der Waals surface area contributed by atoms with Crippen LogP contribution in [0.5, 0.6) is 0 Å². The van der Waals surface area contributed by atoms with Crippen LogP contribution in [0.25, 0.3) is 0 Å². The minimum absolute atomic E-state index is 0.135. The molecule has 1 aromatic carbocycles. The number of aryl methyl sites for hydroxylation is 1. The van der Waals surface area contributed by atoms with Crippen molar-refractivity contribution in [3.05, 3.63) is 35.9 Å². The van der Waals surface area contributed by atoms with Gasteiger partial charge >= 0.3 is 0 Å². The molecule has 1 saturated heterocycles. The van der Waals surface area contributed by atoms with E-state index in [-0.39, 0.29) is 17.9 Å². The van der Waals surface area contributed by atoms with Gasteiger partial charge in [-0.05, 0) is 37.7 Å². The zero-order valence-corrected chi connectivity index (χ0v) is 14.8. The van der Waals surface area contributed by atoms with Crippen molar-refractivity contribution in [1.82, 2.24) is 10.2 Å². The van der Waals surface area contributed by atoms with E-state index >= 15 is 0 Å². The molecule has 4 nitrogen and oxygen atoms in total. The molecule has 1 aromatic rings. The molecule has 1 aliphatic rings. The van der Waals surface area contributed by atoms with Gasteiger partial charge in [-0.25, -0.2) is 0 Å². The summed E-state index contributed by atoms with van der Waals surface area (Å²) in [6, 6.07) is 10.8. The second-order valence-electron chi connectivity index (χ2n) is 6.75. The van der Waals surface area contributed by atoms with Crippen LogP contribution in [0.2, 0.25) is 0 Å². The van der Waals surface area contributed by atoms with Crippen molar-refractivity contribution in [3.8, 4) is 0 Å². The highest BCUT2D eigenvalue weighted by Gasteiger charge is 2.21. The number of piperidine rings is 1. The maximum Gasteiger partial charge on any atom is 0.220 e. The minimum atomic E-state index is 0.135. The number of amides is 2. The molecule has 1 heterocycles. The van der Waals surface area contributed by atoms with E-state index in [0.29, 0.717) is 6.42 Å². The van der Waals surface area contributed by atoms with Gasteiger partial charge in [0.15, 0.2) is 0 Å². The Morgan fingerprint density at radius 2 is 1.71 bits per heavy atom.